The van der Waals surface area contributed by atoms with Crippen molar-refractivity contribution in [2.45, 2.75) is 13.0 Å². The third-order valence-corrected chi connectivity index (χ3v) is 3.66. The van der Waals surface area contributed by atoms with Crippen molar-refractivity contribution in [2.75, 3.05) is 0 Å². The molecule has 0 saturated heterocycles. The number of hydrogen-bond donors (Lipinski definition) is 1. The van der Waals surface area contributed by atoms with Crippen LogP contribution in [0.25, 0.3) is 11.1 Å². The number of carbonyl (C=O) groups excluding carboxylic acids is 1. The molecule has 0 aliphatic carbocycles. The summed E-state index contributed by atoms with van der Waals surface area (Å²) in [5, 5.41) is 2.93. The summed E-state index contributed by atoms with van der Waals surface area (Å²) in [6.07, 6.45) is 4.51. The van der Waals surface area contributed by atoms with Crippen LogP contribution < -0.4 is 5.32 Å². The first-order chi connectivity index (χ1) is 11.2. The van der Waals surface area contributed by atoms with Gasteiger partial charge >= 0.3 is 0 Å². The van der Waals surface area contributed by atoms with Crippen molar-refractivity contribution in [3.05, 3.63) is 84.4 Å². The first-order valence-corrected chi connectivity index (χ1v) is 7.46. The zero-order valence-corrected chi connectivity index (χ0v) is 12.8. The maximum atomic E-state index is 12.1. The normalized spacial score (nSPS) is 11.7. The van der Waals surface area contributed by atoms with Gasteiger partial charge in [0, 0.05) is 12.4 Å². The molecule has 2 aromatic carbocycles. The van der Waals surface area contributed by atoms with Crippen molar-refractivity contribution in [1.29, 1.82) is 0 Å². The molecule has 0 radical (unpaired) electrons. The van der Waals surface area contributed by atoms with E-state index in [1.54, 1.807) is 6.20 Å². The minimum absolute atomic E-state index is 0.102. The SMILES string of the molecule is C[C@H](NC(=O)c1cnccn1)c1ccc(-c2ccccc2)cc1. The van der Waals surface area contributed by atoms with E-state index in [4.69, 9.17) is 0 Å². The molecule has 4 nitrogen and oxygen atoms in total. The molecule has 114 valence electrons. The molecule has 3 rings (SSSR count). The number of benzene rings is 2. The minimum atomic E-state index is -0.224. The summed E-state index contributed by atoms with van der Waals surface area (Å²) in [6.45, 7) is 1.95. The Labute approximate surface area is 135 Å². The lowest BCUT2D eigenvalue weighted by atomic mass is 10.0. The van der Waals surface area contributed by atoms with E-state index in [-0.39, 0.29) is 11.9 Å². The molecule has 0 aliphatic heterocycles. The van der Waals surface area contributed by atoms with E-state index in [0.29, 0.717) is 5.69 Å². The third kappa shape index (κ3) is 3.61. The molecule has 1 N–H and O–H groups in total. The zero-order chi connectivity index (χ0) is 16.1. The molecule has 3 aromatic rings. The average molecular weight is 303 g/mol. The summed E-state index contributed by atoms with van der Waals surface area (Å²) in [5.74, 6) is -0.224. The molecule has 1 amide bonds. The smallest absolute Gasteiger partial charge is 0.271 e. The Morgan fingerprint density at radius 2 is 1.65 bits per heavy atom. The average Bonchev–Trinajstić information content (AvgIpc) is 2.63. The van der Waals surface area contributed by atoms with Crippen molar-refractivity contribution in [1.82, 2.24) is 15.3 Å². The van der Waals surface area contributed by atoms with Crippen LogP contribution in [0.2, 0.25) is 0 Å². The monoisotopic (exact) mass is 303 g/mol. The molecule has 23 heavy (non-hydrogen) atoms. The highest BCUT2D eigenvalue weighted by Gasteiger charge is 2.12. The largest absolute Gasteiger partial charge is 0.344 e. The van der Waals surface area contributed by atoms with Crippen LogP contribution in [0.5, 0.6) is 0 Å². The fraction of sp³-hybridized carbons (Fsp3) is 0.105. The van der Waals surface area contributed by atoms with E-state index in [9.17, 15) is 4.79 Å². The number of amides is 1. The van der Waals surface area contributed by atoms with Crippen LogP contribution in [0.4, 0.5) is 0 Å². The quantitative estimate of drug-likeness (QED) is 0.800. The van der Waals surface area contributed by atoms with Crippen LogP contribution in [0.3, 0.4) is 0 Å². The topological polar surface area (TPSA) is 54.9 Å². The molecular formula is C19H17N3O. The molecule has 1 atom stereocenters. The van der Waals surface area contributed by atoms with Crippen LogP contribution in [0.1, 0.15) is 29.0 Å². The second kappa shape index (κ2) is 6.83. The summed E-state index contributed by atoms with van der Waals surface area (Å²) in [6, 6.07) is 18.3. The van der Waals surface area contributed by atoms with Gasteiger partial charge in [0.15, 0.2) is 0 Å². The van der Waals surface area contributed by atoms with Gasteiger partial charge in [0.1, 0.15) is 5.69 Å². The maximum Gasteiger partial charge on any atom is 0.271 e. The lowest BCUT2D eigenvalue weighted by molar-refractivity contribution is 0.0934. The van der Waals surface area contributed by atoms with Gasteiger partial charge in [-0.15, -0.1) is 0 Å². The number of nitrogens with one attached hydrogen (secondary N) is 1. The molecule has 0 fully saturated rings. The van der Waals surface area contributed by atoms with Crippen molar-refractivity contribution < 1.29 is 4.79 Å². The van der Waals surface area contributed by atoms with E-state index < -0.39 is 0 Å². The van der Waals surface area contributed by atoms with Crippen molar-refractivity contribution in [3.63, 3.8) is 0 Å². The van der Waals surface area contributed by atoms with Crippen LogP contribution >= 0.6 is 0 Å². The zero-order valence-electron chi connectivity index (χ0n) is 12.8. The van der Waals surface area contributed by atoms with Crippen LogP contribution in [0.15, 0.2) is 73.2 Å². The van der Waals surface area contributed by atoms with Gasteiger partial charge in [0.25, 0.3) is 5.91 Å². The highest BCUT2D eigenvalue weighted by molar-refractivity contribution is 5.92. The molecule has 0 unspecified atom stereocenters. The van der Waals surface area contributed by atoms with Crippen LogP contribution in [0, 0.1) is 0 Å². The first-order valence-electron chi connectivity index (χ1n) is 7.46. The van der Waals surface area contributed by atoms with Gasteiger partial charge < -0.3 is 5.32 Å². The Hall–Kier alpha value is -3.01. The van der Waals surface area contributed by atoms with Crippen molar-refractivity contribution >= 4 is 5.91 Å². The van der Waals surface area contributed by atoms with Crippen molar-refractivity contribution in [3.8, 4) is 11.1 Å². The predicted molar refractivity (Wildman–Crippen MR) is 89.8 cm³/mol. The fourth-order valence-corrected chi connectivity index (χ4v) is 2.37. The van der Waals surface area contributed by atoms with Gasteiger partial charge in [-0.1, -0.05) is 54.6 Å². The van der Waals surface area contributed by atoms with E-state index >= 15 is 0 Å². The van der Waals surface area contributed by atoms with Gasteiger partial charge in [0.2, 0.25) is 0 Å². The Morgan fingerprint density at radius 3 is 2.30 bits per heavy atom. The molecule has 4 heteroatoms. The molecule has 0 saturated carbocycles. The predicted octanol–water partition coefficient (Wildman–Crippen LogP) is 3.63. The van der Waals surface area contributed by atoms with E-state index in [1.165, 1.54) is 18.0 Å². The fourth-order valence-electron chi connectivity index (χ4n) is 2.37. The molecule has 0 aliphatic rings. The highest BCUT2D eigenvalue weighted by Crippen LogP contribution is 2.21. The Morgan fingerprint density at radius 1 is 0.957 bits per heavy atom. The van der Waals surface area contributed by atoms with Gasteiger partial charge in [-0.3, -0.25) is 9.78 Å². The molecular weight excluding hydrogens is 286 g/mol. The third-order valence-electron chi connectivity index (χ3n) is 3.66. The lowest BCUT2D eigenvalue weighted by Crippen LogP contribution is -2.27. The Balaban J connectivity index is 1.71. The molecule has 0 bridgehead atoms. The number of carbonyl (C=O) groups is 1. The first kappa shape index (κ1) is 14.9. The number of rotatable bonds is 4. The maximum absolute atomic E-state index is 12.1. The summed E-state index contributed by atoms with van der Waals surface area (Å²) < 4.78 is 0. The lowest BCUT2D eigenvalue weighted by Gasteiger charge is -2.14. The second-order valence-corrected chi connectivity index (χ2v) is 5.27. The van der Waals surface area contributed by atoms with Gasteiger partial charge in [-0.2, -0.15) is 0 Å². The molecule has 0 spiro atoms. The molecule has 1 aromatic heterocycles. The minimum Gasteiger partial charge on any atom is -0.344 e. The summed E-state index contributed by atoms with van der Waals surface area (Å²) in [7, 11) is 0. The summed E-state index contributed by atoms with van der Waals surface area (Å²) >= 11 is 0. The Kier molecular flexibility index (Phi) is 4.43. The van der Waals surface area contributed by atoms with Gasteiger partial charge in [-0.25, -0.2) is 4.98 Å². The molecule has 1 heterocycles. The van der Waals surface area contributed by atoms with E-state index in [2.05, 4.69) is 39.6 Å². The van der Waals surface area contributed by atoms with E-state index in [0.717, 1.165) is 11.1 Å². The number of nitrogens with zero attached hydrogens (tertiary/aromatic N) is 2. The van der Waals surface area contributed by atoms with Crippen LogP contribution in [-0.2, 0) is 0 Å². The number of hydrogen-bond acceptors (Lipinski definition) is 3. The summed E-state index contributed by atoms with van der Waals surface area (Å²) in [4.78, 5) is 20.0. The number of aromatic nitrogens is 2. The standard InChI is InChI=1S/C19H17N3O/c1-14(22-19(23)18-13-20-11-12-21-18)15-7-9-17(10-8-15)16-5-3-2-4-6-16/h2-14H,1H3,(H,22,23)/t14-/m0/s1. The van der Waals surface area contributed by atoms with Gasteiger partial charge in [0.05, 0.1) is 12.2 Å². The second-order valence-electron chi connectivity index (χ2n) is 5.27. The van der Waals surface area contributed by atoms with E-state index in [1.807, 2.05) is 37.3 Å². The summed E-state index contributed by atoms with van der Waals surface area (Å²) in [5.41, 5.74) is 3.69. The van der Waals surface area contributed by atoms with Gasteiger partial charge in [-0.05, 0) is 23.6 Å². The highest BCUT2D eigenvalue weighted by atomic mass is 16.1. The van der Waals surface area contributed by atoms with Crippen molar-refractivity contribution in [2.24, 2.45) is 0 Å². The Bertz CT molecular complexity index is 771. The van der Waals surface area contributed by atoms with Crippen LogP contribution in [-0.4, -0.2) is 15.9 Å².